The Morgan fingerprint density at radius 2 is 1.64 bits per heavy atom. The van der Waals surface area contributed by atoms with Gasteiger partial charge >= 0.3 is 5.97 Å². The van der Waals surface area contributed by atoms with Gasteiger partial charge in [-0.3, -0.25) is 4.79 Å². The molecule has 0 bridgehead atoms. The zero-order valence-corrected chi connectivity index (χ0v) is 16.8. The maximum Gasteiger partial charge on any atom is 0.334 e. The maximum atomic E-state index is 13.5. The van der Waals surface area contributed by atoms with Crippen molar-refractivity contribution in [2.75, 3.05) is 0 Å². The first-order valence-corrected chi connectivity index (χ1v) is 10.3. The number of thioether (sulfide) groups is 1. The Hall–Kier alpha value is -2.31. The van der Waals surface area contributed by atoms with Crippen molar-refractivity contribution in [2.45, 2.75) is 48.6 Å². The molecular formula is C22H24N2O3S. The highest BCUT2D eigenvalue weighted by Gasteiger charge is 2.72. The van der Waals surface area contributed by atoms with E-state index in [0.717, 1.165) is 11.1 Å². The van der Waals surface area contributed by atoms with Crippen molar-refractivity contribution in [1.82, 2.24) is 4.90 Å². The van der Waals surface area contributed by atoms with Crippen LogP contribution in [0.3, 0.4) is 0 Å². The van der Waals surface area contributed by atoms with E-state index < -0.39 is 16.3 Å². The van der Waals surface area contributed by atoms with E-state index in [9.17, 15) is 9.59 Å². The van der Waals surface area contributed by atoms with Crippen molar-refractivity contribution in [2.24, 2.45) is 5.73 Å². The van der Waals surface area contributed by atoms with Gasteiger partial charge in [0.25, 0.3) is 0 Å². The van der Waals surface area contributed by atoms with Gasteiger partial charge in [0.1, 0.15) is 18.0 Å². The molecular weight excluding hydrogens is 372 g/mol. The van der Waals surface area contributed by atoms with Gasteiger partial charge in [0.2, 0.25) is 5.91 Å². The molecule has 0 aromatic heterocycles. The zero-order valence-electron chi connectivity index (χ0n) is 16.0. The number of β-lactam (4-membered cyclic amide) rings is 1. The van der Waals surface area contributed by atoms with Crippen molar-refractivity contribution in [3.8, 4) is 0 Å². The molecule has 2 saturated heterocycles. The van der Waals surface area contributed by atoms with Gasteiger partial charge in [-0.2, -0.15) is 0 Å². The van der Waals surface area contributed by atoms with Gasteiger partial charge < -0.3 is 15.4 Å². The third-order valence-electron chi connectivity index (χ3n) is 5.76. The molecule has 0 saturated carbocycles. The molecule has 2 aliphatic rings. The summed E-state index contributed by atoms with van der Waals surface area (Å²) in [5.41, 5.74) is 6.85. The molecule has 2 aromatic rings. The molecule has 6 heteroatoms. The van der Waals surface area contributed by atoms with Crippen LogP contribution in [0, 0.1) is 0 Å². The third kappa shape index (κ3) is 2.83. The van der Waals surface area contributed by atoms with Gasteiger partial charge in [-0.1, -0.05) is 60.7 Å². The number of rotatable bonds is 5. The Bertz CT molecular complexity index is 887. The van der Waals surface area contributed by atoms with E-state index in [0.29, 0.717) is 6.42 Å². The van der Waals surface area contributed by atoms with Gasteiger partial charge in [0.05, 0.1) is 0 Å². The number of carbonyl (C=O) groups excluding carboxylic acids is 2. The Morgan fingerprint density at radius 1 is 1.07 bits per heavy atom. The van der Waals surface area contributed by atoms with E-state index in [2.05, 4.69) is 0 Å². The maximum absolute atomic E-state index is 13.5. The van der Waals surface area contributed by atoms with E-state index in [4.69, 9.17) is 10.5 Å². The van der Waals surface area contributed by atoms with Gasteiger partial charge in [0.15, 0.2) is 5.54 Å². The van der Waals surface area contributed by atoms with E-state index in [1.807, 2.05) is 74.5 Å². The molecule has 5 nitrogen and oxygen atoms in total. The summed E-state index contributed by atoms with van der Waals surface area (Å²) in [5.74, 6) is -0.559. The molecule has 28 heavy (non-hydrogen) atoms. The number of nitrogens with two attached hydrogens (primary N) is 1. The lowest BCUT2D eigenvalue weighted by Crippen LogP contribution is -2.75. The smallest absolute Gasteiger partial charge is 0.334 e. The second kappa shape index (κ2) is 6.94. The van der Waals surface area contributed by atoms with Crippen molar-refractivity contribution in [3.05, 3.63) is 71.8 Å². The SMILES string of the molecule is CC1(C)S[C@@H]2[C@@H](N)C(=O)N2[C@@]1(Cc1ccccc1)C(=O)OCc1ccccc1. The number of hydrogen-bond acceptors (Lipinski definition) is 5. The zero-order chi connectivity index (χ0) is 19.9. The van der Waals surface area contributed by atoms with Crippen molar-refractivity contribution < 1.29 is 14.3 Å². The highest BCUT2D eigenvalue weighted by molar-refractivity contribution is 8.01. The predicted octanol–water partition coefficient (Wildman–Crippen LogP) is 2.73. The van der Waals surface area contributed by atoms with Crippen LogP contribution in [0.5, 0.6) is 0 Å². The molecule has 2 aromatic carbocycles. The van der Waals surface area contributed by atoms with Crippen molar-refractivity contribution in [1.29, 1.82) is 0 Å². The molecule has 0 spiro atoms. The van der Waals surface area contributed by atoms with Crippen molar-refractivity contribution in [3.63, 3.8) is 0 Å². The first kappa shape index (κ1) is 19.0. The second-order valence-electron chi connectivity index (χ2n) is 7.84. The van der Waals surface area contributed by atoms with E-state index in [1.54, 1.807) is 16.7 Å². The first-order valence-electron chi connectivity index (χ1n) is 9.38. The molecule has 3 atom stereocenters. The fourth-order valence-electron chi connectivity index (χ4n) is 4.16. The Balaban J connectivity index is 1.69. The van der Waals surface area contributed by atoms with Gasteiger partial charge in [0, 0.05) is 11.2 Å². The topological polar surface area (TPSA) is 72.6 Å². The summed E-state index contributed by atoms with van der Waals surface area (Å²) in [5, 5.41) is -0.199. The molecule has 1 amide bonds. The number of ether oxygens (including phenoxy) is 1. The number of hydrogen-bond donors (Lipinski definition) is 1. The predicted molar refractivity (Wildman–Crippen MR) is 109 cm³/mol. The molecule has 0 unspecified atom stereocenters. The Labute approximate surface area is 169 Å². The number of benzene rings is 2. The average molecular weight is 397 g/mol. The van der Waals surface area contributed by atoms with Gasteiger partial charge in [-0.25, -0.2) is 4.79 Å². The largest absolute Gasteiger partial charge is 0.459 e. The summed E-state index contributed by atoms with van der Waals surface area (Å²) in [6.45, 7) is 4.18. The number of fused-ring (bicyclic) bond motifs is 1. The highest BCUT2D eigenvalue weighted by atomic mass is 32.2. The fourth-order valence-corrected chi connectivity index (χ4v) is 5.86. The standard InChI is InChI=1S/C22H24N2O3S/c1-21(2)22(13-15-9-5-3-6-10-15,24-18(25)17(23)19(24)28-21)20(26)27-14-16-11-7-4-8-12-16/h3-12,17,19H,13-14,23H2,1-2H3/t17-,19+,22-/m0/s1. The molecule has 2 fully saturated rings. The minimum Gasteiger partial charge on any atom is -0.459 e. The van der Waals surface area contributed by atoms with E-state index in [-0.39, 0.29) is 23.9 Å². The minimum absolute atomic E-state index is 0.176. The van der Waals surface area contributed by atoms with Crippen molar-refractivity contribution >= 4 is 23.6 Å². The lowest BCUT2D eigenvalue weighted by Gasteiger charge is -2.49. The van der Waals surface area contributed by atoms with Crippen LogP contribution in [0.2, 0.25) is 0 Å². The lowest BCUT2D eigenvalue weighted by molar-refractivity contribution is -0.175. The fraction of sp³-hybridized carbons (Fsp3) is 0.364. The monoisotopic (exact) mass is 396 g/mol. The molecule has 2 N–H and O–H groups in total. The van der Waals surface area contributed by atoms with E-state index >= 15 is 0 Å². The lowest BCUT2D eigenvalue weighted by atomic mass is 9.76. The van der Waals surface area contributed by atoms with Crippen LogP contribution < -0.4 is 5.73 Å². The summed E-state index contributed by atoms with van der Waals surface area (Å²) < 4.78 is 5.24. The molecule has 0 aliphatic carbocycles. The summed E-state index contributed by atoms with van der Waals surface area (Å²) >= 11 is 1.58. The number of esters is 1. The molecule has 2 heterocycles. The third-order valence-corrected chi connectivity index (χ3v) is 7.43. The normalized spacial score (nSPS) is 27.8. The molecule has 2 aliphatic heterocycles. The van der Waals surface area contributed by atoms with Crippen LogP contribution in [0.1, 0.15) is 25.0 Å². The summed E-state index contributed by atoms with van der Waals surface area (Å²) in [4.78, 5) is 27.9. The molecule has 0 radical (unpaired) electrons. The quantitative estimate of drug-likeness (QED) is 0.621. The van der Waals surface area contributed by atoms with Gasteiger partial charge in [-0.15, -0.1) is 11.8 Å². The van der Waals surface area contributed by atoms with Gasteiger partial charge in [-0.05, 0) is 25.0 Å². The van der Waals surface area contributed by atoms with Crippen LogP contribution in [0.4, 0.5) is 0 Å². The highest BCUT2D eigenvalue weighted by Crippen LogP contribution is 2.57. The van der Waals surface area contributed by atoms with Crippen LogP contribution in [0.25, 0.3) is 0 Å². The Morgan fingerprint density at radius 3 is 2.25 bits per heavy atom. The summed E-state index contributed by atoms with van der Waals surface area (Å²) in [7, 11) is 0. The average Bonchev–Trinajstić information content (AvgIpc) is 2.92. The second-order valence-corrected chi connectivity index (χ2v) is 9.58. The Kier molecular flexibility index (Phi) is 4.71. The van der Waals surface area contributed by atoms with E-state index in [1.165, 1.54) is 0 Å². The minimum atomic E-state index is -1.09. The number of carbonyl (C=O) groups is 2. The van der Waals surface area contributed by atoms with Crippen LogP contribution in [-0.4, -0.2) is 38.5 Å². The summed E-state index contributed by atoms with van der Waals surface area (Å²) in [6.07, 6.45) is 0.399. The number of nitrogens with zero attached hydrogens (tertiary/aromatic N) is 1. The summed E-state index contributed by atoms with van der Waals surface area (Å²) in [6, 6.07) is 18.8. The van der Waals surface area contributed by atoms with Crippen LogP contribution in [0.15, 0.2) is 60.7 Å². The number of amides is 1. The first-order chi connectivity index (χ1) is 13.4. The molecule has 146 valence electrons. The van der Waals surface area contributed by atoms with Crippen LogP contribution in [-0.2, 0) is 27.4 Å². The molecule has 4 rings (SSSR count). The van der Waals surface area contributed by atoms with Crippen LogP contribution >= 0.6 is 11.8 Å².